The molecule has 3 nitrogen and oxygen atoms in total. The fraction of sp³-hybridized carbons (Fsp3) is 0.375. The summed E-state index contributed by atoms with van der Waals surface area (Å²) in [5.41, 5.74) is 4.19. The van der Waals surface area contributed by atoms with E-state index >= 15 is 0 Å². The van der Waals surface area contributed by atoms with Crippen molar-refractivity contribution in [1.29, 1.82) is 0 Å². The molecule has 0 N–H and O–H groups in total. The molecule has 4 rings (SSSR count). The maximum absolute atomic E-state index is 13.3. The van der Waals surface area contributed by atoms with Gasteiger partial charge in [-0.3, -0.25) is 0 Å². The van der Waals surface area contributed by atoms with Crippen LogP contribution in [-0.2, 0) is 11.2 Å². The Morgan fingerprint density at radius 3 is 2.75 bits per heavy atom. The summed E-state index contributed by atoms with van der Waals surface area (Å²) in [6, 6.07) is 6.49. The summed E-state index contributed by atoms with van der Waals surface area (Å²) in [5.74, 6) is -0.239. The van der Waals surface area contributed by atoms with Crippen molar-refractivity contribution in [1.82, 2.24) is 9.78 Å². The van der Waals surface area contributed by atoms with E-state index in [0.29, 0.717) is 6.61 Å². The summed E-state index contributed by atoms with van der Waals surface area (Å²) < 4.78 is 21.7. The minimum atomic E-state index is -0.275. The molecule has 0 unspecified atom stereocenters. The van der Waals surface area contributed by atoms with E-state index in [1.165, 1.54) is 23.3 Å². The number of fused-ring (bicyclic) bond motifs is 2. The molecular weight excluding hydrogens is 351 g/mol. The highest BCUT2D eigenvalue weighted by Crippen LogP contribution is 2.56. The van der Waals surface area contributed by atoms with Gasteiger partial charge in [-0.05, 0) is 68.0 Å². The van der Waals surface area contributed by atoms with E-state index in [0.717, 1.165) is 43.5 Å². The second-order valence-corrected chi connectivity index (χ2v) is 8.06. The average Bonchev–Trinajstić information content (AvgIpc) is 3.08. The zero-order valence-electron chi connectivity index (χ0n) is 16.5. The zero-order chi connectivity index (χ0) is 19.8. The minimum absolute atomic E-state index is 0.105. The Morgan fingerprint density at radius 2 is 2.04 bits per heavy atom. The summed E-state index contributed by atoms with van der Waals surface area (Å²) in [5, 5.41) is 4.62. The Morgan fingerprint density at radius 1 is 1.25 bits per heavy atom. The van der Waals surface area contributed by atoms with Crippen molar-refractivity contribution < 1.29 is 9.13 Å². The second kappa shape index (κ2) is 7.17. The van der Waals surface area contributed by atoms with Crippen LogP contribution >= 0.6 is 0 Å². The van der Waals surface area contributed by atoms with Crippen LogP contribution in [0.2, 0.25) is 0 Å². The lowest BCUT2D eigenvalue weighted by atomic mass is 9.56. The Kier molecular flexibility index (Phi) is 4.84. The molecule has 2 aliphatic carbocycles. The topological polar surface area (TPSA) is 27.1 Å². The molecule has 0 radical (unpaired) electrons. The number of aromatic nitrogens is 2. The van der Waals surface area contributed by atoms with Gasteiger partial charge in [-0.25, -0.2) is 9.07 Å². The van der Waals surface area contributed by atoms with Gasteiger partial charge in [0.25, 0.3) is 0 Å². The normalized spacial score (nSPS) is 26.1. The first-order chi connectivity index (χ1) is 13.5. The van der Waals surface area contributed by atoms with Crippen LogP contribution < -0.4 is 0 Å². The van der Waals surface area contributed by atoms with Crippen molar-refractivity contribution in [2.45, 2.75) is 44.6 Å². The number of ether oxygens (including phenoxy) is 1. The van der Waals surface area contributed by atoms with Crippen molar-refractivity contribution in [3.8, 4) is 5.69 Å². The van der Waals surface area contributed by atoms with Crippen LogP contribution in [0.25, 0.3) is 11.8 Å². The monoisotopic (exact) mass is 378 g/mol. The maximum Gasteiger partial charge on any atom is 0.123 e. The Bertz CT molecular complexity index is 927. The first kappa shape index (κ1) is 18.9. The fourth-order valence-electron chi connectivity index (χ4n) is 5.00. The molecule has 0 saturated heterocycles. The lowest BCUT2D eigenvalue weighted by molar-refractivity contribution is -0.121. The number of hydrogen-bond donors (Lipinski definition) is 0. The molecule has 0 bridgehead atoms. The molecular formula is C24H27FN2O. The molecule has 2 aliphatic rings. The summed E-state index contributed by atoms with van der Waals surface area (Å²) >= 11 is 0. The third kappa shape index (κ3) is 2.87. The lowest BCUT2D eigenvalue weighted by Crippen LogP contribution is -2.54. The molecule has 1 aromatic heterocycles. The van der Waals surface area contributed by atoms with Crippen molar-refractivity contribution in [2.75, 3.05) is 6.61 Å². The molecule has 146 valence electrons. The van der Waals surface area contributed by atoms with E-state index in [1.807, 2.05) is 23.0 Å². The van der Waals surface area contributed by atoms with Crippen LogP contribution in [0.4, 0.5) is 4.39 Å². The lowest BCUT2D eigenvalue weighted by Gasteiger charge is -2.54. The molecule has 2 atom stereocenters. The third-order valence-corrected chi connectivity index (χ3v) is 6.50. The molecule has 0 spiro atoms. The molecule has 1 aromatic carbocycles. The number of hydrogen-bond acceptors (Lipinski definition) is 2. The first-order valence-corrected chi connectivity index (χ1v) is 9.93. The van der Waals surface area contributed by atoms with Gasteiger partial charge < -0.3 is 4.74 Å². The Hall–Kier alpha value is -2.46. The molecule has 4 heteroatoms. The summed E-state index contributed by atoms with van der Waals surface area (Å²) in [6.45, 7) is 10.7. The highest BCUT2D eigenvalue weighted by atomic mass is 19.1. The van der Waals surface area contributed by atoms with E-state index < -0.39 is 0 Å². The molecule has 0 amide bonds. The minimum Gasteiger partial charge on any atom is -0.370 e. The summed E-state index contributed by atoms with van der Waals surface area (Å²) in [6.07, 6.45) is 12.9. The van der Waals surface area contributed by atoms with Crippen molar-refractivity contribution >= 4 is 6.08 Å². The predicted molar refractivity (Wildman–Crippen MR) is 111 cm³/mol. The zero-order valence-corrected chi connectivity index (χ0v) is 16.5. The van der Waals surface area contributed by atoms with Gasteiger partial charge in [-0.15, -0.1) is 13.2 Å². The first-order valence-electron chi connectivity index (χ1n) is 9.93. The summed E-state index contributed by atoms with van der Waals surface area (Å²) in [4.78, 5) is 0. The van der Waals surface area contributed by atoms with Gasteiger partial charge >= 0.3 is 0 Å². The van der Waals surface area contributed by atoms with E-state index in [9.17, 15) is 4.39 Å². The maximum atomic E-state index is 13.3. The van der Waals surface area contributed by atoms with Crippen molar-refractivity contribution in [3.05, 3.63) is 78.4 Å². The van der Waals surface area contributed by atoms with Gasteiger partial charge in [0.05, 0.1) is 29.8 Å². The fourth-order valence-corrected chi connectivity index (χ4v) is 5.00. The smallest absolute Gasteiger partial charge is 0.123 e. The molecule has 1 heterocycles. The van der Waals surface area contributed by atoms with E-state index in [1.54, 1.807) is 12.1 Å². The van der Waals surface area contributed by atoms with Crippen LogP contribution in [0.5, 0.6) is 0 Å². The molecule has 1 saturated carbocycles. The van der Waals surface area contributed by atoms with Crippen LogP contribution in [0.3, 0.4) is 0 Å². The van der Waals surface area contributed by atoms with Gasteiger partial charge in [0.15, 0.2) is 0 Å². The van der Waals surface area contributed by atoms with Gasteiger partial charge in [-0.2, -0.15) is 5.10 Å². The van der Waals surface area contributed by atoms with Crippen LogP contribution in [0.1, 0.15) is 43.9 Å². The molecule has 1 fully saturated rings. The molecule has 2 aromatic rings. The van der Waals surface area contributed by atoms with Crippen LogP contribution in [0.15, 0.2) is 61.3 Å². The van der Waals surface area contributed by atoms with Crippen LogP contribution in [0, 0.1) is 11.2 Å². The van der Waals surface area contributed by atoms with E-state index in [2.05, 4.69) is 31.3 Å². The van der Waals surface area contributed by atoms with Gasteiger partial charge in [0.1, 0.15) is 5.82 Å². The van der Waals surface area contributed by atoms with Crippen molar-refractivity contribution in [3.63, 3.8) is 0 Å². The summed E-state index contributed by atoms with van der Waals surface area (Å²) in [7, 11) is 0. The standard InChI is InChI=1S/C24H27FN2O/c1-4-12-24(28-14-5-2)13-6-7-19-15-22-18(16-23(19,24)3)17-26-27(22)21-10-8-20(25)9-11-21/h4-5,8-11,15,17H,1-2,6-7,12-14,16H2,3H3/t23-,24-/m0/s1. The number of halogens is 1. The highest BCUT2D eigenvalue weighted by Gasteiger charge is 2.53. The van der Waals surface area contributed by atoms with Gasteiger partial charge in [-0.1, -0.05) is 24.6 Å². The predicted octanol–water partition coefficient (Wildman–Crippen LogP) is 5.66. The SMILES string of the molecule is C=CCO[C@@]1(CC=C)CCCC2=Cc3c(cnn3-c3ccc(F)cc3)C[C@@]21C. The number of benzene rings is 1. The van der Waals surface area contributed by atoms with E-state index in [-0.39, 0.29) is 16.8 Å². The number of nitrogens with zero attached hydrogens (tertiary/aromatic N) is 2. The quantitative estimate of drug-likeness (QED) is 0.607. The van der Waals surface area contributed by atoms with Gasteiger partial charge in [0.2, 0.25) is 0 Å². The molecule has 0 aliphatic heterocycles. The van der Waals surface area contributed by atoms with Crippen molar-refractivity contribution in [2.24, 2.45) is 5.41 Å². The Balaban J connectivity index is 1.78. The van der Waals surface area contributed by atoms with Crippen LogP contribution in [-0.4, -0.2) is 22.0 Å². The van der Waals surface area contributed by atoms with E-state index in [4.69, 9.17) is 4.74 Å². The average molecular weight is 378 g/mol. The third-order valence-electron chi connectivity index (χ3n) is 6.50. The van der Waals surface area contributed by atoms with Gasteiger partial charge in [0, 0.05) is 5.41 Å². The second-order valence-electron chi connectivity index (χ2n) is 8.06. The Labute approximate surface area is 166 Å². The highest BCUT2D eigenvalue weighted by molar-refractivity contribution is 5.62. The largest absolute Gasteiger partial charge is 0.370 e. The molecule has 28 heavy (non-hydrogen) atoms. The number of rotatable bonds is 6.